The number of nitriles is 1. The lowest BCUT2D eigenvalue weighted by Crippen LogP contribution is -2.39. The van der Waals surface area contributed by atoms with Crippen LogP contribution in [0, 0.1) is 11.3 Å². The zero-order valence-corrected chi connectivity index (χ0v) is 11.9. The molecular weight excluding hydrogens is 270 g/mol. The predicted octanol–water partition coefficient (Wildman–Crippen LogP) is 1.66. The largest absolute Gasteiger partial charge is 0.480 e. The van der Waals surface area contributed by atoms with Crippen LogP contribution in [0.5, 0.6) is 0 Å². The number of aryl methyl sites for hydroxylation is 1. The van der Waals surface area contributed by atoms with Gasteiger partial charge >= 0.3 is 5.97 Å². The van der Waals surface area contributed by atoms with E-state index in [4.69, 9.17) is 10.4 Å². The van der Waals surface area contributed by atoms with Crippen molar-refractivity contribution in [3.63, 3.8) is 0 Å². The number of carboxylic acid groups (broad SMARTS) is 1. The first-order chi connectivity index (χ1) is 9.97. The van der Waals surface area contributed by atoms with Gasteiger partial charge in [-0.05, 0) is 31.0 Å². The van der Waals surface area contributed by atoms with Crippen LogP contribution in [0.4, 0.5) is 5.69 Å². The minimum absolute atomic E-state index is 0.192. The molecule has 1 aromatic rings. The van der Waals surface area contributed by atoms with E-state index in [0.717, 1.165) is 12.1 Å². The average molecular weight is 287 g/mol. The van der Waals surface area contributed by atoms with Gasteiger partial charge in [0.15, 0.2) is 0 Å². The fourth-order valence-corrected chi connectivity index (χ4v) is 1.48. The smallest absolute Gasteiger partial charge is 0.325 e. The number of aliphatic carboxylic acids is 1. The normalized spacial score (nSPS) is 12.1. The molecule has 1 amide bonds. The van der Waals surface area contributed by atoms with Crippen LogP contribution in [0.1, 0.15) is 19.4 Å². The Hall–Kier alpha value is -2.81. The topological polar surface area (TPSA) is 102 Å². The number of nitrogens with zero attached hydrogens (tertiary/aromatic N) is 1. The van der Waals surface area contributed by atoms with E-state index in [-0.39, 0.29) is 5.57 Å². The summed E-state index contributed by atoms with van der Waals surface area (Å²) in [5, 5.41) is 22.7. The van der Waals surface area contributed by atoms with E-state index in [0.29, 0.717) is 0 Å². The summed E-state index contributed by atoms with van der Waals surface area (Å²) in [5.41, 5.74) is 1.72. The molecule has 1 rings (SSSR count). The summed E-state index contributed by atoms with van der Waals surface area (Å²) in [4.78, 5) is 22.4. The predicted molar refractivity (Wildman–Crippen MR) is 78.4 cm³/mol. The summed E-state index contributed by atoms with van der Waals surface area (Å²) in [6.45, 7) is 3.37. The van der Waals surface area contributed by atoms with Crippen molar-refractivity contribution in [3.05, 3.63) is 41.6 Å². The molecule has 110 valence electrons. The summed E-state index contributed by atoms with van der Waals surface area (Å²) in [6.07, 6.45) is 2.18. The first kappa shape index (κ1) is 16.2. The first-order valence-corrected chi connectivity index (χ1v) is 6.47. The maximum atomic E-state index is 11.7. The van der Waals surface area contributed by atoms with E-state index >= 15 is 0 Å². The van der Waals surface area contributed by atoms with Crippen molar-refractivity contribution < 1.29 is 14.7 Å². The summed E-state index contributed by atoms with van der Waals surface area (Å²) in [7, 11) is 0. The molecule has 6 heteroatoms. The first-order valence-electron chi connectivity index (χ1n) is 6.47. The van der Waals surface area contributed by atoms with Crippen LogP contribution >= 0.6 is 0 Å². The number of benzene rings is 1. The lowest BCUT2D eigenvalue weighted by molar-refractivity contribution is -0.140. The Balaban J connectivity index is 2.72. The fourth-order valence-electron chi connectivity index (χ4n) is 1.48. The number of carbonyl (C=O) groups excluding carboxylic acids is 1. The molecule has 3 N–H and O–H groups in total. The van der Waals surface area contributed by atoms with E-state index in [2.05, 4.69) is 10.6 Å². The minimum atomic E-state index is -1.16. The van der Waals surface area contributed by atoms with Crippen molar-refractivity contribution in [2.45, 2.75) is 26.3 Å². The SMILES string of the molecule is CCc1ccc(N/C=C(/C#N)C(=O)NC(C)C(=O)O)cc1. The van der Waals surface area contributed by atoms with Crippen molar-refractivity contribution >= 4 is 17.6 Å². The molecule has 0 aliphatic rings. The molecule has 0 radical (unpaired) electrons. The van der Waals surface area contributed by atoms with Crippen LogP contribution in [0.25, 0.3) is 0 Å². The van der Waals surface area contributed by atoms with E-state index in [1.165, 1.54) is 18.7 Å². The lowest BCUT2D eigenvalue weighted by Gasteiger charge is -2.08. The van der Waals surface area contributed by atoms with E-state index in [1.807, 2.05) is 31.2 Å². The molecule has 0 aliphatic carbocycles. The molecule has 0 heterocycles. The average Bonchev–Trinajstić information content (AvgIpc) is 2.48. The zero-order chi connectivity index (χ0) is 15.8. The molecule has 0 saturated heterocycles. The van der Waals surface area contributed by atoms with Gasteiger partial charge < -0.3 is 15.7 Å². The number of amides is 1. The third-order valence-corrected chi connectivity index (χ3v) is 2.83. The Morgan fingerprint density at radius 1 is 1.38 bits per heavy atom. The van der Waals surface area contributed by atoms with Gasteiger partial charge in [-0.25, -0.2) is 0 Å². The summed E-state index contributed by atoms with van der Waals surface area (Å²) in [6, 6.07) is 8.22. The second-order valence-electron chi connectivity index (χ2n) is 4.40. The number of hydrogen-bond donors (Lipinski definition) is 3. The number of hydrogen-bond acceptors (Lipinski definition) is 4. The highest BCUT2D eigenvalue weighted by Crippen LogP contribution is 2.10. The fraction of sp³-hybridized carbons (Fsp3) is 0.267. The summed E-state index contributed by atoms with van der Waals surface area (Å²) >= 11 is 0. The Morgan fingerprint density at radius 3 is 2.48 bits per heavy atom. The summed E-state index contributed by atoms with van der Waals surface area (Å²) < 4.78 is 0. The van der Waals surface area contributed by atoms with Gasteiger partial charge in [-0.2, -0.15) is 5.26 Å². The Bertz CT molecular complexity index is 585. The highest BCUT2D eigenvalue weighted by Gasteiger charge is 2.16. The van der Waals surface area contributed by atoms with Crippen molar-refractivity contribution in [2.24, 2.45) is 0 Å². The molecule has 0 fully saturated rings. The van der Waals surface area contributed by atoms with Gasteiger partial charge in [0.1, 0.15) is 17.7 Å². The van der Waals surface area contributed by atoms with Crippen LogP contribution in [-0.4, -0.2) is 23.0 Å². The van der Waals surface area contributed by atoms with Gasteiger partial charge in [-0.3, -0.25) is 9.59 Å². The minimum Gasteiger partial charge on any atom is -0.480 e. The van der Waals surface area contributed by atoms with Gasteiger partial charge in [0.05, 0.1) is 0 Å². The Morgan fingerprint density at radius 2 is 2.00 bits per heavy atom. The number of anilines is 1. The van der Waals surface area contributed by atoms with E-state index in [1.54, 1.807) is 6.07 Å². The molecule has 6 nitrogen and oxygen atoms in total. The van der Waals surface area contributed by atoms with Gasteiger partial charge in [-0.15, -0.1) is 0 Å². The maximum absolute atomic E-state index is 11.7. The molecule has 0 aliphatic heterocycles. The molecule has 0 bridgehead atoms. The lowest BCUT2D eigenvalue weighted by atomic mass is 10.1. The number of carbonyl (C=O) groups is 2. The van der Waals surface area contributed by atoms with E-state index in [9.17, 15) is 9.59 Å². The molecule has 1 atom stereocenters. The highest BCUT2D eigenvalue weighted by atomic mass is 16.4. The molecule has 0 aromatic heterocycles. The van der Waals surface area contributed by atoms with Crippen LogP contribution in [0.3, 0.4) is 0 Å². The zero-order valence-electron chi connectivity index (χ0n) is 11.9. The monoisotopic (exact) mass is 287 g/mol. The van der Waals surface area contributed by atoms with Crippen molar-refractivity contribution in [1.82, 2.24) is 5.32 Å². The Kier molecular flexibility index (Phi) is 5.96. The van der Waals surface area contributed by atoms with Gasteiger partial charge in [0.2, 0.25) is 0 Å². The quantitative estimate of drug-likeness (QED) is 0.545. The molecule has 0 saturated carbocycles. The van der Waals surface area contributed by atoms with Crippen molar-refractivity contribution in [3.8, 4) is 6.07 Å². The second kappa shape index (κ2) is 7.70. The molecule has 1 unspecified atom stereocenters. The Labute approximate surface area is 123 Å². The third kappa shape index (κ3) is 4.99. The van der Waals surface area contributed by atoms with Crippen molar-refractivity contribution in [1.29, 1.82) is 5.26 Å². The van der Waals surface area contributed by atoms with Crippen LogP contribution in [-0.2, 0) is 16.0 Å². The third-order valence-electron chi connectivity index (χ3n) is 2.83. The number of rotatable bonds is 6. The van der Waals surface area contributed by atoms with E-state index < -0.39 is 17.9 Å². The van der Waals surface area contributed by atoms with Crippen LogP contribution < -0.4 is 10.6 Å². The maximum Gasteiger partial charge on any atom is 0.325 e. The molecule has 0 spiro atoms. The standard InChI is InChI=1S/C15H17N3O3/c1-3-11-4-6-13(7-5-11)17-9-12(8-16)14(19)18-10(2)15(20)21/h4-7,9-10,17H,3H2,1-2H3,(H,18,19)(H,20,21)/b12-9-. The second-order valence-corrected chi connectivity index (χ2v) is 4.40. The van der Waals surface area contributed by atoms with Gasteiger partial charge in [0.25, 0.3) is 5.91 Å². The van der Waals surface area contributed by atoms with Crippen LogP contribution in [0.2, 0.25) is 0 Å². The van der Waals surface area contributed by atoms with Crippen molar-refractivity contribution in [2.75, 3.05) is 5.32 Å². The highest BCUT2D eigenvalue weighted by molar-refractivity contribution is 5.99. The molecule has 1 aromatic carbocycles. The molecule has 21 heavy (non-hydrogen) atoms. The summed E-state index contributed by atoms with van der Waals surface area (Å²) in [5.74, 6) is -1.89. The van der Waals surface area contributed by atoms with Gasteiger partial charge in [-0.1, -0.05) is 19.1 Å². The number of nitrogens with one attached hydrogen (secondary N) is 2. The van der Waals surface area contributed by atoms with Crippen LogP contribution in [0.15, 0.2) is 36.0 Å². The molecular formula is C15H17N3O3. The van der Waals surface area contributed by atoms with Gasteiger partial charge in [0, 0.05) is 11.9 Å². The number of carboxylic acids is 1.